The Balaban J connectivity index is 1.74. The minimum Gasteiger partial charge on any atom is -0.507 e. The SMILES string of the molecule is CC1CCC2C3CCc4cc(O)c(C=O)cc4C3CCC12C. The maximum Gasteiger partial charge on any atom is 0.153 e. The first-order chi connectivity index (χ1) is 10.5. The van der Waals surface area contributed by atoms with Crippen LogP contribution in [0.15, 0.2) is 12.1 Å². The summed E-state index contributed by atoms with van der Waals surface area (Å²) in [5.74, 6) is 3.24. The van der Waals surface area contributed by atoms with E-state index in [2.05, 4.69) is 13.8 Å². The van der Waals surface area contributed by atoms with E-state index >= 15 is 0 Å². The second-order valence-electron chi connectivity index (χ2n) is 8.17. The fourth-order valence-electron chi connectivity index (χ4n) is 5.98. The van der Waals surface area contributed by atoms with E-state index in [0.29, 0.717) is 16.9 Å². The average Bonchev–Trinajstić information content (AvgIpc) is 2.82. The van der Waals surface area contributed by atoms with Crippen molar-refractivity contribution in [1.82, 2.24) is 0 Å². The number of aryl methyl sites for hydroxylation is 1. The lowest BCUT2D eigenvalue weighted by Gasteiger charge is -2.50. The van der Waals surface area contributed by atoms with Crippen molar-refractivity contribution < 1.29 is 9.90 Å². The summed E-state index contributed by atoms with van der Waals surface area (Å²) >= 11 is 0. The molecule has 0 radical (unpaired) electrons. The Morgan fingerprint density at radius 2 is 2.05 bits per heavy atom. The Hall–Kier alpha value is -1.31. The lowest BCUT2D eigenvalue weighted by atomic mass is 9.54. The van der Waals surface area contributed by atoms with Crippen molar-refractivity contribution in [3.05, 3.63) is 28.8 Å². The molecule has 0 aromatic heterocycles. The van der Waals surface area contributed by atoms with Crippen LogP contribution in [0.2, 0.25) is 0 Å². The van der Waals surface area contributed by atoms with Crippen molar-refractivity contribution in [2.75, 3.05) is 0 Å². The Morgan fingerprint density at radius 3 is 2.82 bits per heavy atom. The maximum absolute atomic E-state index is 11.2. The molecule has 2 fully saturated rings. The number of hydrogen-bond acceptors (Lipinski definition) is 2. The van der Waals surface area contributed by atoms with Crippen molar-refractivity contribution in [3.63, 3.8) is 0 Å². The highest BCUT2D eigenvalue weighted by Crippen LogP contribution is 2.62. The van der Waals surface area contributed by atoms with Gasteiger partial charge in [-0.05, 0) is 90.9 Å². The Labute approximate surface area is 132 Å². The monoisotopic (exact) mass is 298 g/mol. The van der Waals surface area contributed by atoms with E-state index < -0.39 is 0 Å². The molecule has 0 amide bonds. The van der Waals surface area contributed by atoms with Gasteiger partial charge in [0.1, 0.15) is 5.75 Å². The Bertz CT molecular complexity index is 620. The Kier molecular flexibility index (Phi) is 3.15. The molecular formula is C20H26O2. The lowest BCUT2D eigenvalue weighted by molar-refractivity contribution is 0.0336. The number of carbonyl (C=O) groups is 1. The van der Waals surface area contributed by atoms with Gasteiger partial charge in [-0.25, -0.2) is 0 Å². The molecule has 1 aromatic carbocycles. The van der Waals surface area contributed by atoms with E-state index in [0.717, 1.165) is 30.5 Å². The topological polar surface area (TPSA) is 37.3 Å². The number of hydrogen-bond donors (Lipinski definition) is 1. The zero-order chi connectivity index (χ0) is 15.5. The van der Waals surface area contributed by atoms with E-state index in [1.165, 1.54) is 43.2 Å². The molecule has 2 nitrogen and oxygen atoms in total. The Morgan fingerprint density at radius 1 is 1.23 bits per heavy atom. The van der Waals surface area contributed by atoms with Crippen LogP contribution in [0.25, 0.3) is 0 Å². The smallest absolute Gasteiger partial charge is 0.153 e. The van der Waals surface area contributed by atoms with Gasteiger partial charge in [0.25, 0.3) is 0 Å². The molecule has 5 unspecified atom stereocenters. The van der Waals surface area contributed by atoms with Gasteiger partial charge in [-0.15, -0.1) is 0 Å². The van der Waals surface area contributed by atoms with E-state index in [4.69, 9.17) is 0 Å². The quantitative estimate of drug-likeness (QED) is 0.763. The van der Waals surface area contributed by atoms with Gasteiger partial charge >= 0.3 is 0 Å². The molecule has 22 heavy (non-hydrogen) atoms. The molecule has 2 heteroatoms. The van der Waals surface area contributed by atoms with E-state index in [-0.39, 0.29) is 5.75 Å². The van der Waals surface area contributed by atoms with Crippen LogP contribution < -0.4 is 0 Å². The molecule has 3 aliphatic carbocycles. The first-order valence-electron chi connectivity index (χ1n) is 8.85. The van der Waals surface area contributed by atoms with Crippen LogP contribution in [-0.2, 0) is 6.42 Å². The van der Waals surface area contributed by atoms with Gasteiger partial charge in [-0.1, -0.05) is 13.8 Å². The number of carbonyl (C=O) groups excluding carboxylic acids is 1. The summed E-state index contributed by atoms with van der Waals surface area (Å²) < 4.78 is 0. The van der Waals surface area contributed by atoms with Gasteiger partial charge in [-0.2, -0.15) is 0 Å². The molecule has 1 aromatic rings. The van der Waals surface area contributed by atoms with Crippen LogP contribution in [0.3, 0.4) is 0 Å². The lowest BCUT2D eigenvalue weighted by Crippen LogP contribution is -2.41. The van der Waals surface area contributed by atoms with Gasteiger partial charge in [0.05, 0.1) is 5.56 Å². The molecule has 3 aliphatic rings. The van der Waals surface area contributed by atoms with Crippen LogP contribution >= 0.6 is 0 Å². The van der Waals surface area contributed by atoms with Crippen LogP contribution in [0.1, 0.15) is 73.4 Å². The fourth-order valence-corrected chi connectivity index (χ4v) is 5.98. The molecule has 0 aliphatic heterocycles. The number of rotatable bonds is 1. The van der Waals surface area contributed by atoms with Gasteiger partial charge in [0.15, 0.2) is 6.29 Å². The summed E-state index contributed by atoms with van der Waals surface area (Å²) in [4.78, 5) is 11.2. The van der Waals surface area contributed by atoms with Crippen LogP contribution in [-0.4, -0.2) is 11.4 Å². The number of benzene rings is 1. The first-order valence-corrected chi connectivity index (χ1v) is 8.85. The van der Waals surface area contributed by atoms with Gasteiger partial charge < -0.3 is 5.11 Å². The summed E-state index contributed by atoms with van der Waals surface area (Å²) in [6.07, 6.45) is 8.44. The summed E-state index contributed by atoms with van der Waals surface area (Å²) in [5.41, 5.74) is 3.63. The predicted molar refractivity (Wildman–Crippen MR) is 87.3 cm³/mol. The van der Waals surface area contributed by atoms with E-state index in [9.17, 15) is 9.90 Å². The molecule has 2 saturated carbocycles. The molecule has 0 spiro atoms. The van der Waals surface area contributed by atoms with E-state index in [1.54, 1.807) is 0 Å². The molecule has 4 rings (SSSR count). The molecular weight excluding hydrogens is 272 g/mol. The molecule has 5 atom stereocenters. The van der Waals surface area contributed by atoms with Crippen molar-refractivity contribution in [2.45, 2.75) is 58.3 Å². The summed E-state index contributed by atoms with van der Waals surface area (Å²) in [6, 6.07) is 3.83. The number of phenolic OH excluding ortho intramolecular Hbond substituents is 1. The fraction of sp³-hybridized carbons (Fsp3) is 0.650. The van der Waals surface area contributed by atoms with Gasteiger partial charge in [0, 0.05) is 0 Å². The molecule has 0 bridgehead atoms. The highest BCUT2D eigenvalue weighted by molar-refractivity contribution is 5.80. The third-order valence-electron chi connectivity index (χ3n) is 7.47. The first kappa shape index (κ1) is 14.3. The second-order valence-corrected chi connectivity index (χ2v) is 8.17. The number of aldehydes is 1. The minimum absolute atomic E-state index is 0.155. The molecule has 0 saturated heterocycles. The summed E-state index contributed by atoms with van der Waals surface area (Å²) in [5, 5.41) is 9.96. The average molecular weight is 298 g/mol. The van der Waals surface area contributed by atoms with E-state index in [1.807, 2.05) is 12.1 Å². The van der Waals surface area contributed by atoms with Crippen molar-refractivity contribution >= 4 is 6.29 Å². The highest BCUT2D eigenvalue weighted by Gasteiger charge is 2.53. The maximum atomic E-state index is 11.2. The molecule has 1 N–H and O–H groups in total. The van der Waals surface area contributed by atoms with Crippen LogP contribution in [0.5, 0.6) is 5.75 Å². The van der Waals surface area contributed by atoms with Gasteiger partial charge in [-0.3, -0.25) is 4.79 Å². The zero-order valence-electron chi connectivity index (χ0n) is 13.6. The van der Waals surface area contributed by atoms with Gasteiger partial charge in [0.2, 0.25) is 0 Å². The normalized spacial score (nSPS) is 39.7. The third kappa shape index (κ3) is 1.82. The number of phenols is 1. The minimum atomic E-state index is 0.155. The van der Waals surface area contributed by atoms with Crippen molar-refractivity contribution in [3.8, 4) is 5.75 Å². The van der Waals surface area contributed by atoms with Crippen LogP contribution in [0, 0.1) is 23.2 Å². The van der Waals surface area contributed by atoms with Crippen LogP contribution in [0.4, 0.5) is 0 Å². The second kappa shape index (κ2) is 4.84. The highest BCUT2D eigenvalue weighted by atomic mass is 16.3. The third-order valence-corrected chi connectivity index (χ3v) is 7.47. The van der Waals surface area contributed by atoms with Crippen molar-refractivity contribution in [1.29, 1.82) is 0 Å². The summed E-state index contributed by atoms with van der Waals surface area (Å²) in [6.45, 7) is 4.97. The zero-order valence-corrected chi connectivity index (χ0v) is 13.6. The summed E-state index contributed by atoms with van der Waals surface area (Å²) in [7, 11) is 0. The largest absolute Gasteiger partial charge is 0.507 e. The number of aromatic hydroxyl groups is 1. The standard InChI is InChI=1S/C20H26O2/c1-12-3-6-18-16-5-4-13-10-19(22)14(11-21)9-17(13)15(16)7-8-20(12,18)2/h9-12,15-16,18,22H,3-8H2,1-2H3. The molecule has 118 valence electrons. The molecule has 0 heterocycles. The van der Waals surface area contributed by atoms with Crippen molar-refractivity contribution in [2.24, 2.45) is 23.2 Å². The predicted octanol–water partition coefficient (Wildman–Crippen LogP) is 4.70. The number of fused-ring (bicyclic) bond motifs is 5.